The zero-order valence-corrected chi connectivity index (χ0v) is 36.6. The largest absolute Gasteiger partial charge is 0.453 e. The van der Waals surface area contributed by atoms with Crippen molar-refractivity contribution in [2.24, 2.45) is 0 Å². The molecule has 2 unspecified atom stereocenters. The van der Waals surface area contributed by atoms with Crippen LogP contribution in [0.25, 0.3) is 0 Å². The summed E-state index contributed by atoms with van der Waals surface area (Å²) in [5.41, 5.74) is -2.68. The lowest BCUT2D eigenvalue weighted by molar-refractivity contribution is -0.0821. The van der Waals surface area contributed by atoms with E-state index in [0.717, 1.165) is 32.1 Å². The minimum Gasteiger partial charge on any atom is -0.453 e. The summed E-state index contributed by atoms with van der Waals surface area (Å²) in [6, 6.07) is 14.5. The van der Waals surface area contributed by atoms with Crippen LogP contribution in [0.15, 0.2) is 102 Å². The second kappa shape index (κ2) is 20.0. The number of carbonyl (C=O) groups is 3. The van der Waals surface area contributed by atoms with Gasteiger partial charge < -0.3 is 23.8 Å². The number of likely N-dealkylation sites (tertiary alicyclic amines) is 1. The zero-order valence-electron chi connectivity index (χ0n) is 35.8. The molecule has 2 aromatic carbocycles. The van der Waals surface area contributed by atoms with Crippen molar-refractivity contribution in [2.75, 3.05) is 6.54 Å². The van der Waals surface area contributed by atoms with Crippen molar-refractivity contribution in [3.8, 4) is 0 Å². The number of unbranched alkanes of at least 4 members (excludes halogenated alkanes) is 4. The van der Waals surface area contributed by atoms with Gasteiger partial charge in [-0.15, -0.1) is 0 Å². The van der Waals surface area contributed by atoms with Crippen LogP contribution < -0.4 is 0 Å². The quantitative estimate of drug-likeness (QED) is 0.0567. The molecule has 2 heterocycles. The summed E-state index contributed by atoms with van der Waals surface area (Å²) < 4.78 is 54.8. The van der Waals surface area contributed by atoms with Gasteiger partial charge in [0.25, 0.3) is 0 Å². The molecule has 2 fully saturated rings. The third-order valence-corrected chi connectivity index (χ3v) is 12.0. The van der Waals surface area contributed by atoms with Gasteiger partial charge in [-0.3, -0.25) is 4.90 Å². The van der Waals surface area contributed by atoms with E-state index in [1.165, 1.54) is 21.9 Å². The Hall–Kier alpha value is -4.42. The third-order valence-electron chi connectivity index (χ3n) is 9.82. The van der Waals surface area contributed by atoms with E-state index in [0.29, 0.717) is 6.42 Å². The van der Waals surface area contributed by atoms with E-state index in [1.54, 1.807) is 110 Å². The average molecular weight is 821 g/mol. The molecule has 0 aromatic heterocycles. The number of ether oxygens (including phenoxy) is 4. The van der Waals surface area contributed by atoms with Gasteiger partial charge in [0.1, 0.15) is 28.3 Å². The van der Waals surface area contributed by atoms with Crippen molar-refractivity contribution >= 4 is 28.0 Å². The van der Waals surface area contributed by atoms with Gasteiger partial charge in [-0.05, 0) is 118 Å². The summed E-state index contributed by atoms with van der Waals surface area (Å²) in [5.74, 6) is -0.715. The fourth-order valence-corrected chi connectivity index (χ4v) is 9.31. The number of fused-ring (bicyclic) bond motifs is 1. The van der Waals surface area contributed by atoms with Gasteiger partial charge in [0.2, 0.25) is 0 Å². The van der Waals surface area contributed by atoms with E-state index in [1.807, 2.05) is 12.2 Å². The highest BCUT2D eigenvalue weighted by atomic mass is 32.2. The van der Waals surface area contributed by atoms with Crippen molar-refractivity contribution in [3.63, 3.8) is 0 Å². The number of rotatable bonds is 15. The van der Waals surface area contributed by atoms with Crippen LogP contribution in [-0.4, -0.2) is 89.4 Å². The molecule has 2 aromatic rings. The molecule has 5 atom stereocenters. The molecule has 0 saturated carbocycles. The Labute approximate surface area is 346 Å². The summed E-state index contributed by atoms with van der Waals surface area (Å²) in [4.78, 5) is 44.8. The van der Waals surface area contributed by atoms with Crippen molar-refractivity contribution in [3.05, 3.63) is 103 Å². The molecule has 2 aliphatic heterocycles. The molecular formula is C46H64N2O9S. The van der Waals surface area contributed by atoms with Gasteiger partial charge in [0, 0.05) is 6.54 Å². The fourth-order valence-electron chi connectivity index (χ4n) is 7.29. The van der Waals surface area contributed by atoms with E-state index >= 15 is 8.42 Å². The Balaban J connectivity index is 1.81. The number of piperidine rings is 1. The smallest absolute Gasteiger partial charge is 0.412 e. The van der Waals surface area contributed by atoms with Gasteiger partial charge in [-0.1, -0.05) is 86.5 Å². The second-order valence-electron chi connectivity index (χ2n) is 17.4. The standard InChI is InChI=1S/C46H64N2O9S/c1-10-11-12-13-14-15-16-17-18-19-26-31-38(54-41(49)34-27-22-20-23-28-34)40(58(52,53)35-29-24-21-25-30-35)36-32-39-37(33-47(36)42(50)56-44(2,3)4)48(46(8,9)55-39)43(51)57-45(5,6)7/h13-16,20-31,36-40H,10-12,17-19,32-33H2,1-9H3/b14-13+,16-15+,31-26+/t36-,37+,38?,39-,40?/m0/s1. The Morgan fingerprint density at radius 2 is 1.38 bits per heavy atom. The number of sulfone groups is 1. The first kappa shape index (κ1) is 46.3. The third kappa shape index (κ3) is 12.8. The second-order valence-corrected chi connectivity index (χ2v) is 19.5. The van der Waals surface area contributed by atoms with Gasteiger partial charge in [-0.2, -0.15) is 0 Å². The van der Waals surface area contributed by atoms with Gasteiger partial charge in [0.15, 0.2) is 9.84 Å². The molecule has 0 spiro atoms. The molecule has 11 nitrogen and oxygen atoms in total. The van der Waals surface area contributed by atoms with Crippen molar-refractivity contribution in [1.82, 2.24) is 9.80 Å². The van der Waals surface area contributed by atoms with Crippen LogP contribution in [0, 0.1) is 0 Å². The van der Waals surface area contributed by atoms with Crippen LogP contribution in [0.2, 0.25) is 0 Å². The van der Waals surface area contributed by atoms with Gasteiger partial charge in [-0.25, -0.2) is 22.8 Å². The lowest BCUT2D eigenvalue weighted by atomic mass is 9.91. The Kier molecular flexibility index (Phi) is 16.0. The van der Waals surface area contributed by atoms with Gasteiger partial charge in [0.05, 0.1) is 28.6 Å². The van der Waals surface area contributed by atoms with Crippen LogP contribution in [0.5, 0.6) is 0 Å². The highest BCUT2D eigenvalue weighted by molar-refractivity contribution is 7.92. The van der Waals surface area contributed by atoms with Crippen LogP contribution in [0.1, 0.15) is 118 Å². The zero-order chi connectivity index (χ0) is 42.7. The van der Waals surface area contributed by atoms with Crippen LogP contribution in [0.4, 0.5) is 9.59 Å². The highest BCUT2D eigenvalue weighted by Gasteiger charge is 2.59. The predicted molar refractivity (Wildman–Crippen MR) is 226 cm³/mol. The molecule has 2 aliphatic rings. The number of allylic oxidation sites excluding steroid dienone is 5. The molecule has 0 N–H and O–H groups in total. The normalized spacial score (nSPS) is 20.9. The SMILES string of the molecule is CCCC/C=C/C=C/CCC/C=C/C(OC(=O)c1ccccc1)C([C@@H]1C[C@@H]2OC(C)(C)N(C(=O)OC(C)(C)C)[C@@H]2CN1C(=O)OC(C)(C)C)S(=O)(=O)c1ccccc1. The topological polar surface area (TPSA) is 129 Å². The Bertz CT molecular complexity index is 1860. The number of benzene rings is 2. The Morgan fingerprint density at radius 3 is 1.97 bits per heavy atom. The van der Waals surface area contributed by atoms with E-state index < -0.39 is 74.5 Å². The molecule has 12 heteroatoms. The summed E-state index contributed by atoms with van der Waals surface area (Å²) in [6.07, 6.45) is 13.8. The van der Waals surface area contributed by atoms with Gasteiger partial charge >= 0.3 is 18.2 Å². The molecular weight excluding hydrogens is 757 g/mol. The molecule has 0 radical (unpaired) electrons. The first-order valence-electron chi connectivity index (χ1n) is 20.5. The first-order valence-corrected chi connectivity index (χ1v) is 22.0. The molecule has 0 bridgehead atoms. The Morgan fingerprint density at radius 1 is 0.828 bits per heavy atom. The fraction of sp³-hybridized carbons (Fsp3) is 0.543. The van der Waals surface area contributed by atoms with E-state index in [-0.39, 0.29) is 23.4 Å². The highest BCUT2D eigenvalue weighted by Crippen LogP contribution is 2.42. The lowest BCUT2D eigenvalue weighted by Crippen LogP contribution is -2.64. The first-order chi connectivity index (χ1) is 27.2. The van der Waals surface area contributed by atoms with E-state index in [9.17, 15) is 14.4 Å². The molecule has 0 aliphatic carbocycles. The molecule has 2 saturated heterocycles. The molecule has 4 rings (SSSR count). The van der Waals surface area contributed by atoms with E-state index in [4.69, 9.17) is 18.9 Å². The van der Waals surface area contributed by atoms with Crippen molar-refractivity contribution in [1.29, 1.82) is 0 Å². The number of amides is 2. The maximum Gasteiger partial charge on any atom is 0.412 e. The monoisotopic (exact) mass is 820 g/mol. The van der Waals surface area contributed by atoms with Crippen LogP contribution in [-0.2, 0) is 28.8 Å². The molecule has 2 amide bonds. The minimum absolute atomic E-state index is 0.000558. The number of esters is 1. The number of hydrogen-bond acceptors (Lipinski definition) is 9. The van der Waals surface area contributed by atoms with Crippen LogP contribution in [0.3, 0.4) is 0 Å². The maximum atomic E-state index is 15.1. The summed E-state index contributed by atoms with van der Waals surface area (Å²) in [7, 11) is -4.37. The van der Waals surface area contributed by atoms with Crippen molar-refractivity contribution < 1.29 is 41.7 Å². The lowest BCUT2D eigenvalue weighted by Gasteiger charge is -2.46. The van der Waals surface area contributed by atoms with E-state index in [2.05, 4.69) is 25.2 Å². The summed E-state index contributed by atoms with van der Waals surface area (Å²) in [6.45, 7) is 16.0. The average Bonchev–Trinajstić information content (AvgIpc) is 3.41. The summed E-state index contributed by atoms with van der Waals surface area (Å²) in [5, 5.41) is -1.51. The number of hydrogen-bond donors (Lipinski definition) is 0. The van der Waals surface area contributed by atoms with Crippen molar-refractivity contribution in [2.45, 2.75) is 159 Å². The number of nitrogens with zero attached hydrogens (tertiary/aromatic N) is 2. The molecule has 318 valence electrons. The number of carbonyl (C=O) groups excluding carboxylic acids is 3. The molecule has 58 heavy (non-hydrogen) atoms. The minimum atomic E-state index is -4.37. The maximum absolute atomic E-state index is 15.1. The predicted octanol–water partition coefficient (Wildman–Crippen LogP) is 9.83. The van der Waals surface area contributed by atoms with Crippen LogP contribution >= 0.6 is 0 Å². The summed E-state index contributed by atoms with van der Waals surface area (Å²) >= 11 is 0.